The molecule has 6 rings (SSSR count). The molecule has 1 saturated carbocycles. The Kier molecular flexibility index (Phi) is 11.6. The van der Waals surface area contributed by atoms with Crippen LogP contribution in [-0.2, 0) is 30.4 Å². The molecule has 270 valence electrons. The number of nitrogens with one attached hydrogen (secondary N) is 3. The summed E-state index contributed by atoms with van der Waals surface area (Å²) in [6.07, 6.45) is 9.04. The quantitative estimate of drug-likeness (QED) is 0.299. The van der Waals surface area contributed by atoms with Crippen molar-refractivity contribution >= 4 is 29.1 Å². The largest absolute Gasteiger partial charge is 0.495 e. The number of piperazine rings is 1. The van der Waals surface area contributed by atoms with Gasteiger partial charge in [-0.05, 0) is 54.9 Å². The Hall–Kier alpha value is -3.74. The molecule has 2 atom stereocenters. The summed E-state index contributed by atoms with van der Waals surface area (Å²) in [5.41, 5.74) is 5.75. The van der Waals surface area contributed by atoms with Crippen LogP contribution in [0.15, 0.2) is 53.4 Å². The van der Waals surface area contributed by atoms with Crippen LogP contribution in [0.1, 0.15) is 70.6 Å². The van der Waals surface area contributed by atoms with Gasteiger partial charge >= 0.3 is 0 Å². The van der Waals surface area contributed by atoms with Crippen LogP contribution in [-0.4, -0.2) is 96.1 Å². The van der Waals surface area contributed by atoms with Gasteiger partial charge < -0.3 is 35.2 Å². The number of amides is 3. The van der Waals surface area contributed by atoms with Crippen molar-refractivity contribution in [1.82, 2.24) is 30.7 Å². The Morgan fingerprint density at radius 1 is 1.04 bits per heavy atom. The summed E-state index contributed by atoms with van der Waals surface area (Å²) in [5.74, 6) is 0.268. The topological polar surface area (TPSA) is 125 Å². The molecule has 50 heavy (non-hydrogen) atoms. The third kappa shape index (κ3) is 8.94. The van der Waals surface area contributed by atoms with E-state index in [0.29, 0.717) is 19.5 Å². The van der Waals surface area contributed by atoms with Crippen LogP contribution in [0.25, 0.3) is 10.4 Å². The van der Waals surface area contributed by atoms with E-state index in [1.54, 1.807) is 16.2 Å². The first-order chi connectivity index (χ1) is 24.0. The minimum atomic E-state index is -0.787. The van der Waals surface area contributed by atoms with Crippen LogP contribution in [0, 0.1) is 12.3 Å². The summed E-state index contributed by atoms with van der Waals surface area (Å²) in [4.78, 5) is 49.9. The molecule has 0 spiro atoms. The normalized spacial score (nSPS) is 23.0. The molecule has 0 bridgehead atoms. The second kappa shape index (κ2) is 16.1. The average Bonchev–Trinajstić information content (AvgIpc) is 3.77. The Balaban J connectivity index is 0.942. The van der Waals surface area contributed by atoms with E-state index in [-0.39, 0.29) is 36.5 Å². The molecule has 2 aromatic rings. The van der Waals surface area contributed by atoms with E-state index in [1.807, 2.05) is 57.5 Å². The lowest BCUT2D eigenvalue weighted by molar-refractivity contribution is -0.146. The predicted molar refractivity (Wildman–Crippen MR) is 194 cm³/mol. The monoisotopic (exact) mass is 704 g/mol. The summed E-state index contributed by atoms with van der Waals surface area (Å²) in [5, 5.41) is 9.37. The van der Waals surface area contributed by atoms with Gasteiger partial charge in [0, 0.05) is 64.2 Å². The first-order valence-corrected chi connectivity index (χ1v) is 18.9. The van der Waals surface area contributed by atoms with Gasteiger partial charge in [0.15, 0.2) is 0 Å². The highest BCUT2D eigenvalue weighted by atomic mass is 32.1. The smallest absolute Gasteiger partial charge is 0.246 e. The number of aryl methyl sites for hydroxylation is 1. The highest BCUT2D eigenvalue weighted by Gasteiger charge is 2.42. The van der Waals surface area contributed by atoms with Gasteiger partial charge in [0.2, 0.25) is 17.7 Å². The lowest BCUT2D eigenvalue weighted by Crippen LogP contribution is -2.58. The Bertz CT molecular complexity index is 1570. The SMILES string of the molecule is Cc1ncsc1-c1ccc(CNC(=O)[C@@H]2CCCN2C(=O)[C@@H](NC(=O)CO[C@H]2C[C@H](OC3=CC=C(N4CCNCC4)CC3)C2)C(C)(C)C)cc1. The molecule has 3 N–H and O–H groups in total. The minimum absolute atomic E-state index is 0.0506. The Morgan fingerprint density at radius 3 is 2.46 bits per heavy atom. The van der Waals surface area contributed by atoms with Crippen molar-refractivity contribution in [2.75, 3.05) is 39.3 Å². The van der Waals surface area contributed by atoms with Crippen LogP contribution in [0.4, 0.5) is 0 Å². The van der Waals surface area contributed by atoms with Gasteiger partial charge in [-0.15, -0.1) is 11.3 Å². The highest BCUT2D eigenvalue weighted by molar-refractivity contribution is 7.13. The maximum absolute atomic E-state index is 13.9. The summed E-state index contributed by atoms with van der Waals surface area (Å²) in [7, 11) is 0. The Labute approximate surface area is 299 Å². The van der Waals surface area contributed by atoms with Gasteiger partial charge in [-0.3, -0.25) is 14.4 Å². The van der Waals surface area contributed by atoms with E-state index in [2.05, 4.69) is 38.0 Å². The summed E-state index contributed by atoms with van der Waals surface area (Å²) in [6, 6.07) is 6.74. The second-order valence-corrected chi connectivity index (χ2v) is 15.8. The number of ether oxygens (including phenoxy) is 2. The van der Waals surface area contributed by atoms with Crippen molar-refractivity contribution in [3.8, 4) is 10.4 Å². The summed E-state index contributed by atoms with van der Waals surface area (Å²) >= 11 is 1.61. The number of hydrogen-bond acceptors (Lipinski definition) is 9. The number of hydrogen-bond donors (Lipinski definition) is 3. The number of carbonyl (C=O) groups is 3. The van der Waals surface area contributed by atoms with Gasteiger partial charge in [0.1, 0.15) is 24.8 Å². The lowest BCUT2D eigenvalue weighted by Gasteiger charge is -2.37. The van der Waals surface area contributed by atoms with Gasteiger partial charge in [0.25, 0.3) is 0 Å². The molecule has 2 saturated heterocycles. The van der Waals surface area contributed by atoms with E-state index in [4.69, 9.17) is 9.47 Å². The number of likely N-dealkylation sites (tertiary alicyclic amines) is 1. The number of thiazole rings is 1. The molecule has 3 fully saturated rings. The van der Waals surface area contributed by atoms with Crippen LogP contribution in [0.2, 0.25) is 0 Å². The number of carbonyl (C=O) groups excluding carboxylic acids is 3. The molecule has 3 amide bonds. The molecule has 0 radical (unpaired) electrons. The number of rotatable bonds is 12. The van der Waals surface area contributed by atoms with Crippen LogP contribution in [0.5, 0.6) is 0 Å². The van der Waals surface area contributed by atoms with Crippen LogP contribution in [0.3, 0.4) is 0 Å². The number of aromatic nitrogens is 1. The van der Waals surface area contributed by atoms with Gasteiger partial charge in [-0.1, -0.05) is 45.0 Å². The first kappa shape index (κ1) is 36.1. The predicted octanol–water partition coefficient (Wildman–Crippen LogP) is 4.29. The fraction of sp³-hybridized carbons (Fsp3) is 0.579. The van der Waals surface area contributed by atoms with Crippen molar-refractivity contribution in [3.05, 3.63) is 64.6 Å². The molecular weight excluding hydrogens is 653 g/mol. The number of nitrogens with zero attached hydrogens (tertiary/aromatic N) is 3. The minimum Gasteiger partial charge on any atom is -0.495 e. The van der Waals surface area contributed by atoms with Crippen molar-refractivity contribution in [1.29, 1.82) is 0 Å². The zero-order valence-corrected chi connectivity index (χ0v) is 30.7. The van der Waals surface area contributed by atoms with E-state index in [0.717, 1.165) is 85.7 Å². The summed E-state index contributed by atoms with van der Waals surface area (Å²) < 4.78 is 12.1. The molecule has 11 nitrogen and oxygen atoms in total. The average molecular weight is 705 g/mol. The van der Waals surface area contributed by atoms with E-state index < -0.39 is 17.5 Å². The van der Waals surface area contributed by atoms with E-state index in [9.17, 15) is 14.4 Å². The van der Waals surface area contributed by atoms with Crippen molar-refractivity contribution in [2.24, 2.45) is 5.41 Å². The van der Waals surface area contributed by atoms with Crippen LogP contribution >= 0.6 is 11.3 Å². The fourth-order valence-corrected chi connectivity index (χ4v) is 7.87. The molecule has 3 heterocycles. The fourth-order valence-electron chi connectivity index (χ4n) is 7.06. The third-order valence-electron chi connectivity index (χ3n) is 10.1. The van der Waals surface area contributed by atoms with Crippen molar-refractivity contribution in [2.45, 2.75) is 97.1 Å². The van der Waals surface area contributed by atoms with E-state index in [1.165, 1.54) is 5.70 Å². The Morgan fingerprint density at radius 2 is 1.80 bits per heavy atom. The molecule has 4 aliphatic rings. The molecule has 2 aliphatic carbocycles. The maximum atomic E-state index is 13.9. The van der Waals surface area contributed by atoms with E-state index >= 15 is 0 Å². The van der Waals surface area contributed by atoms with Gasteiger partial charge in [0.05, 0.1) is 27.9 Å². The molecule has 1 aromatic heterocycles. The lowest BCUT2D eigenvalue weighted by atomic mass is 9.85. The van der Waals surface area contributed by atoms with Crippen LogP contribution < -0.4 is 16.0 Å². The maximum Gasteiger partial charge on any atom is 0.246 e. The number of allylic oxidation sites excluding steroid dienone is 4. The molecule has 2 aliphatic heterocycles. The number of benzene rings is 1. The molecule has 0 unspecified atom stereocenters. The van der Waals surface area contributed by atoms with Crippen molar-refractivity contribution < 1.29 is 23.9 Å². The third-order valence-corrected chi connectivity index (χ3v) is 11.1. The van der Waals surface area contributed by atoms with Gasteiger partial charge in [-0.25, -0.2) is 4.98 Å². The standard InChI is InChI=1S/C38H52N6O5S/c1-25-34(50-24-41-25)27-9-7-26(8-10-27)22-40-36(46)32-6-5-17-44(32)37(47)35(38(2,3)4)42-33(45)23-48-30-20-31(21-30)49-29-13-11-28(12-14-29)43-18-15-39-16-19-43/h7-11,13,24,30-32,35,39H,5-6,12,14-23H2,1-4H3,(H,40,46)(H,42,45)/t30-,31-,32-,35+/m0/s1. The molecule has 1 aromatic carbocycles. The highest BCUT2D eigenvalue weighted by Crippen LogP contribution is 2.32. The molecule has 12 heteroatoms. The zero-order valence-electron chi connectivity index (χ0n) is 29.8. The summed E-state index contributed by atoms with van der Waals surface area (Å²) in [6.45, 7) is 12.7. The van der Waals surface area contributed by atoms with Gasteiger partial charge in [-0.2, -0.15) is 0 Å². The molecular formula is C38H52N6O5S. The first-order valence-electron chi connectivity index (χ1n) is 18.1. The zero-order chi connectivity index (χ0) is 35.3. The van der Waals surface area contributed by atoms with Crippen molar-refractivity contribution in [3.63, 3.8) is 0 Å². The second-order valence-electron chi connectivity index (χ2n) is 14.9.